The van der Waals surface area contributed by atoms with Gasteiger partial charge in [0.15, 0.2) is 34.9 Å². The molecule has 3 heterocycles. The fourth-order valence-corrected chi connectivity index (χ4v) is 5.50. The van der Waals surface area contributed by atoms with Gasteiger partial charge in [0.2, 0.25) is 0 Å². The maximum absolute atomic E-state index is 5.04. The summed E-state index contributed by atoms with van der Waals surface area (Å²) in [7, 11) is 0. The SMILES string of the molecule is CC(C)c1nc(-c2ccccc2)nc(-c2cc(-c3nc(-c4ccccc4)nc(-c4ccccc4)n3)cc(-c3nc(C(C)C)nc(C(C)C)n3)c2)n1. The van der Waals surface area contributed by atoms with Gasteiger partial charge in [-0.25, -0.2) is 44.9 Å². The summed E-state index contributed by atoms with van der Waals surface area (Å²) in [4.78, 5) is 44.6. The predicted octanol–water partition coefficient (Wildman–Crippen LogP) is 9.61. The summed E-state index contributed by atoms with van der Waals surface area (Å²) in [6.07, 6.45) is 0. The lowest BCUT2D eigenvalue weighted by Gasteiger charge is -2.14. The van der Waals surface area contributed by atoms with Crippen molar-refractivity contribution < 1.29 is 0 Å². The Kier molecular flexibility index (Phi) is 9.44. The van der Waals surface area contributed by atoms with Crippen molar-refractivity contribution in [3.63, 3.8) is 0 Å². The van der Waals surface area contributed by atoms with Crippen LogP contribution in [0.1, 0.15) is 76.8 Å². The molecule has 0 bridgehead atoms. The molecule has 9 nitrogen and oxygen atoms in total. The van der Waals surface area contributed by atoms with Crippen molar-refractivity contribution in [1.29, 1.82) is 0 Å². The molecule has 0 fully saturated rings. The minimum atomic E-state index is 0.0768. The van der Waals surface area contributed by atoms with E-state index in [9.17, 15) is 0 Å². The molecule has 0 amide bonds. The van der Waals surface area contributed by atoms with E-state index in [1.807, 2.05) is 109 Å². The van der Waals surface area contributed by atoms with Gasteiger partial charge in [-0.3, -0.25) is 0 Å². The molecule has 0 radical (unpaired) electrons. The number of rotatable bonds is 9. The summed E-state index contributed by atoms with van der Waals surface area (Å²) in [5.41, 5.74) is 5.00. The van der Waals surface area contributed by atoms with Crippen LogP contribution in [0.15, 0.2) is 109 Å². The number of hydrogen-bond acceptors (Lipinski definition) is 9. The second-order valence-electron chi connectivity index (χ2n) is 13.4. The Morgan fingerprint density at radius 1 is 0.275 bits per heavy atom. The summed E-state index contributed by atoms with van der Waals surface area (Å²) >= 11 is 0. The van der Waals surface area contributed by atoms with Gasteiger partial charge in [0.1, 0.15) is 17.5 Å². The topological polar surface area (TPSA) is 116 Å². The van der Waals surface area contributed by atoms with Crippen LogP contribution < -0.4 is 0 Å². The minimum Gasteiger partial charge on any atom is -0.217 e. The van der Waals surface area contributed by atoms with Gasteiger partial charge in [-0.1, -0.05) is 133 Å². The highest BCUT2D eigenvalue weighted by Crippen LogP contribution is 2.33. The van der Waals surface area contributed by atoms with Crippen molar-refractivity contribution in [2.24, 2.45) is 0 Å². The van der Waals surface area contributed by atoms with Crippen molar-refractivity contribution in [3.8, 4) is 68.3 Å². The molecule has 0 aliphatic heterocycles. The highest BCUT2D eigenvalue weighted by molar-refractivity contribution is 5.77. The first kappa shape index (κ1) is 33.4. The predicted molar refractivity (Wildman–Crippen MR) is 201 cm³/mol. The molecule has 9 heteroatoms. The fraction of sp³-hybridized carbons (Fsp3) is 0.214. The van der Waals surface area contributed by atoms with E-state index < -0.39 is 0 Å². The lowest BCUT2D eigenvalue weighted by molar-refractivity contribution is 0.697. The molecule has 0 spiro atoms. The summed E-state index contributed by atoms with van der Waals surface area (Å²) in [6, 6.07) is 36.0. The molecule has 0 atom stereocenters. The zero-order valence-electron chi connectivity index (χ0n) is 29.6. The average molecular weight is 670 g/mol. The van der Waals surface area contributed by atoms with E-state index in [0.29, 0.717) is 40.8 Å². The second-order valence-corrected chi connectivity index (χ2v) is 13.4. The Balaban J connectivity index is 1.50. The van der Waals surface area contributed by atoms with Crippen LogP contribution >= 0.6 is 0 Å². The third-order valence-electron chi connectivity index (χ3n) is 8.31. The van der Waals surface area contributed by atoms with Crippen LogP contribution in [-0.2, 0) is 0 Å². The minimum absolute atomic E-state index is 0.0768. The number of hydrogen-bond donors (Lipinski definition) is 0. The smallest absolute Gasteiger partial charge is 0.164 e. The van der Waals surface area contributed by atoms with Gasteiger partial charge in [0.05, 0.1) is 0 Å². The van der Waals surface area contributed by atoms with E-state index in [1.54, 1.807) is 0 Å². The van der Waals surface area contributed by atoms with E-state index in [0.717, 1.165) is 45.0 Å². The molecule has 0 aliphatic carbocycles. The molecule has 51 heavy (non-hydrogen) atoms. The number of benzene rings is 4. The molecule has 0 saturated heterocycles. The van der Waals surface area contributed by atoms with Crippen molar-refractivity contribution in [3.05, 3.63) is 127 Å². The summed E-state index contributed by atoms with van der Waals surface area (Å²) in [6.45, 7) is 12.5. The normalized spacial score (nSPS) is 11.5. The van der Waals surface area contributed by atoms with Gasteiger partial charge in [0, 0.05) is 51.1 Å². The fourth-order valence-electron chi connectivity index (χ4n) is 5.50. The van der Waals surface area contributed by atoms with Crippen molar-refractivity contribution in [1.82, 2.24) is 44.9 Å². The van der Waals surface area contributed by atoms with E-state index in [2.05, 4.69) is 41.5 Å². The molecule has 4 aromatic carbocycles. The van der Waals surface area contributed by atoms with Crippen LogP contribution in [0.25, 0.3) is 68.3 Å². The quantitative estimate of drug-likeness (QED) is 0.148. The Morgan fingerprint density at radius 2 is 0.510 bits per heavy atom. The summed E-state index contributed by atoms with van der Waals surface area (Å²) in [5.74, 6) is 5.86. The van der Waals surface area contributed by atoms with Crippen LogP contribution in [0.4, 0.5) is 0 Å². The summed E-state index contributed by atoms with van der Waals surface area (Å²) in [5, 5.41) is 0. The molecule has 252 valence electrons. The van der Waals surface area contributed by atoms with E-state index >= 15 is 0 Å². The van der Waals surface area contributed by atoms with Gasteiger partial charge in [-0.05, 0) is 18.2 Å². The van der Waals surface area contributed by atoms with Crippen LogP contribution in [0.5, 0.6) is 0 Å². The Hall–Kier alpha value is -6.09. The van der Waals surface area contributed by atoms with Gasteiger partial charge >= 0.3 is 0 Å². The Labute approximate surface area is 298 Å². The molecule has 7 rings (SSSR count). The monoisotopic (exact) mass is 669 g/mol. The van der Waals surface area contributed by atoms with Gasteiger partial charge in [0.25, 0.3) is 0 Å². The molecule has 0 unspecified atom stereocenters. The van der Waals surface area contributed by atoms with Gasteiger partial charge < -0.3 is 0 Å². The highest BCUT2D eigenvalue weighted by atomic mass is 15.1. The van der Waals surface area contributed by atoms with Crippen LogP contribution in [0, 0.1) is 0 Å². The van der Waals surface area contributed by atoms with E-state index in [1.165, 1.54) is 0 Å². The Morgan fingerprint density at radius 3 is 0.824 bits per heavy atom. The first-order valence-corrected chi connectivity index (χ1v) is 17.3. The molecular formula is C42H39N9. The lowest BCUT2D eigenvalue weighted by atomic mass is 10.0. The second kappa shape index (κ2) is 14.4. The maximum atomic E-state index is 5.04. The maximum Gasteiger partial charge on any atom is 0.164 e. The van der Waals surface area contributed by atoms with Crippen molar-refractivity contribution >= 4 is 0 Å². The van der Waals surface area contributed by atoms with Gasteiger partial charge in [-0.2, -0.15) is 0 Å². The molecule has 3 aromatic heterocycles. The van der Waals surface area contributed by atoms with Crippen molar-refractivity contribution in [2.75, 3.05) is 0 Å². The zero-order valence-corrected chi connectivity index (χ0v) is 29.6. The number of nitrogens with zero attached hydrogens (tertiary/aromatic N) is 9. The summed E-state index contributed by atoms with van der Waals surface area (Å²) < 4.78 is 0. The zero-order chi connectivity index (χ0) is 35.5. The molecule has 0 aliphatic rings. The lowest BCUT2D eigenvalue weighted by Crippen LogP contribution is -2.08. The van der Waals surface area contributed by atoms with Crippen molar-refractivity contribution in [2.45, 2.75) is 59.3 Å². The molecule has 0 saturated carbocycles. The van der Waals surface area contributed by atoms with Gasteiger partial charge in [-0.15, -0.1) is 0 Å². The van der Waals surface area contributed by atoms with Crippen LogP contribution in [-0.4, -0.2) is 44.9 Å². The Bertz CT molecular complexity index is 2200. The van der Waals surface area contributed by atoms with E-state index in [4.69, 9.17) is 44.9 Å². The number of aromatic nitrogens is 9. The molecular weight excluding hydrogens is 631 g/mol. The third kappa shape index (κ3) is 7.43. The molecule has 7 aromatic rings. The van der Waals surface area contributed by atoms with Crippen LogP contribution in [0.3, 0.4) is 0 Å². The first-order chi connectivity index (χ1) is 24.7. The standard InChI is InChI=1S/C42H39N9/c1-25(2)34-43-35(26(3)4)46-40(45-34)31-22-32(41-47-36(27(5)6)44-37(49-41)28-16-10-7-11-17-28)24-33(23-31)42-50-38(29-18-12-8-13-19-29)48-39(51-42)30-20-14-9-15-21-30/h7-27H,1-6H3. The highest BCUT2D eigenvalue weighted by Gasteiger charge is 2.20. The van der Waals surface area contributed by atoms with E-state index in [-0.39, 0.29) is 17.8 Å². The first-order valence-electron chi connectivity index (χ1n) is 17.3. The average Bonchev–Trinajstić information content (AvgIpc) is 3.18. The van der Waals surface area contributed by atoms with Crippen LogP contribution in [0.2, 0.25) is 0 Å². The third-order valence-corrected chi connectivity index (χ3v) is 8.31. The molecule has 0 N–H and O–H groups in total. The largest absolute Gasteiger partial charge is 0.217 e.